The molecular weight excluding hydrogens is 192 g/mol. The van der Waals surface area contributed by atoms with E-state index in [1.165, 1.54) is 6.20 Å². The van der Waals surface area contributed by atoms with Crippen molar-refractivity contribution in [1.29, 1.82) is 0 Å². The number of hydrogen-bond acceptors (Lipinski definition) is 3. The molecule has 0 aliphatic rings. The molecule has 1 N–H and O–H groups in total. The van der Waals surface area contributed by atoms with Gasteiger partial charge in [-0.1, -0.05) is 18.2 Å². The van der Waals surface area contributed by atoms with E-state index in [-0.39, 0.29) is 11.8 Å². The van der Waals surface area contributed by atoms with E-state index in [9.17, 15) is 4.79 Å². The van der Waals surface area contributed by atoms with Crippen LogP contribution in [0.1, 0.15) is 16.4 Å². The predicted octanol–water partition coefficient (Wildman–Crippen LogP) is 2.24. The fourth-order valence-electron chi connectivity index (χ4n) is 1.17. The maximum atomic E-state index is 11.6. The first-order valence-corrected chi connectivity index (χ1v) is 4.54. The number of rotatable bonds is 2. The van der Waals surface area contributed by atoms with Crippen molar-refractivity contribution in [3.63, 3.8) is 0 Å². The smallest absolute Gasteiger partial charge is 0.311 e. The largest absolute Gasteiger partial charge is 0.438 e. The lowest BCUT2D eigenvalue weighted by atomic mass is 10.3. The van der Waals surface area contributed by atoms with E-state index >= 15 is 0 Å². The highest BCUT2D eigenvalue weighted by molar-refractivity contribution is 6.00. The zero-order chi connectivity index (χ0) is 10.7. The van der Waals surface area contributed by atoms with Crippen molar-refractivity contribution in [2.24, 2.45) is 0 Å². The van der Waals surface area contributed by atoms with Crippen molar-refractivity contribution in [3.05, 3.63) is 48.2 Å². The Labute approximate surface area is 86.9 Å². The summed E-state index contributed by atoms with van der Waals surface area (Å²) in [6.45, 7) is 1.74. The number of nitrogens with one attached hydrogen (secondary N) is 1. The van der Waals surface area contributed by atoms with E-state index < -0.39 is 0 Å². The zero-order valence-corrected chi connectivity index (χ0v) is 8.23. The molecule has 2 rings (SSSR count). The molecule has 0 aliphatic heterocycles. The van der Waals surface area contributed by atoms with Crippen LogP contribution >= 0.6 is 0 Å². The first-order valence-electron chi connectivity index (χ1n) is 4.54. The number of oxazole rings is 1. The number of para-hydroxylation sites is 1. The van der Waals surface area contributed by atoms with E-state index in [0.717, 1.165) is 5.69 Å². The minimum atomic E-state index is -0.339. The van der Waals surface area contributed by atoms with Crippen LogP contribution in [0.4, 0.5) is 5.69 Å². The minimum Gasteiger partial charge on any atom is -0.438 e. The van der Waals surface area contributed by atoms with E-state index in [4.69, 9.17) is 4.42 Å². The molecule has 1 aromatic carbocycles. The molecule has 1 amide bonds. The fraction of sp³-hybridized carbons (Fsp3) is 0.0909. The Balaban J connectivity index is 2.11. The molecular formula is C11H10N2O2. The highest BCUT2D eigenvalue weighted by Crippen LogP contribution is 2.08. The normalized spacial score (nSPS) is 9.93. The molecule has 0 saturated carbocycles. The minimum absolute atomic E-state index is 0.0800. The van der Waals surface area contributed by atoms with Gasteiger partial charge in [-0.05, 0) is 19.1 Å². The summed E-state index contributed by atoms with van der Waals surface area (Å²) in [6.07, 6.45) is 1.51. The van der Waals surface area contributed by atoms with Gasteiger partial charge in [0.2, 0.25) is 0 Å². The number of aryl methyl sites for hydroxylation is 1. The maximum absolute atomic E-state index is 11.6. The summed E-state index contributed by atoms with van der Waals surface area (Å²) in [7, 11) is 0. The molecule has 1 heterocycles. The summed E-state index contributed by atoms with van der Waals surface area (Å²) in [5, 5.41) is 2.68. The van der Waals surface area contributed by atoms with Gasteiger partial charge in [-0.25, -0.2) is 4.98 Å². The second kappa shape index (κ2) is 3.96. The number of nitrogens with zero attached hydrogens (tertiary/aromatic N) is 1. The molecule has 76 valence electrons. The second-order valence-electron chi connectivity index (χ2n) is 3.10. The number of anilines is 1. The van der Waals surface area contributed by atoms with Crippen LogP contribution in [0.3, 0.4) is 0 Å². The van der Waals surface area contributed by atoms with Gasteiger partial charge < -0.3 is 9.73 Å². The van der Waals surface area contributed by atoms with E-state index in [1.807, 2.05) is 18.2 Å². The fourth-order valence-corrected chi connectivity index (χ4v) is 1.17. The lowest BCUT2D eigenvalue weighted by molar-refractivity contribution is 0.0989. The standard InChI is InChI=1S/C11H10N2O2/c1-8-7-12-11(15-8)10(14)13-9-5-3-2-4-6-9/h2-7H,1H3,(H,13,14). The number of benzene rings is 1. The Hall–Kier alpha value is -2.10. The van der Waals surface area contributed by atoms with Crippen LogP contribution in [0.25, 0.3) is 0 Å². The van der Waals surface area contributed by atoms with Gasteiger partial charge in [0.05, 0.1) is 6.20 Å². The average molecular weight is 202 g/mol. The first kappa shape index (κ1) is 9.45. The van der Waals surface area contributed by atoms with Crippen molar-refractivity contribution in [2.45, 2.75) is 6.92 Å². The predicted molar refractivity (Wildman–Crippen MR) is 55.6 cm³/mol. The monoisotopic (exact) mass is 202 g/mol. The lowest BCUT2D eigenvalue weighted by Gasteiger charge is -2.00. The molecule has 0 aliphatic carbocycles. The van der Waals surface area contributed by atoms with Gasteiger partial charge in [0, 0.05) is 5.69 Å². The van der Waals surface area contributed by atoms with E-state index in [2.05, 4.69) is 10.3 Å². The van der Waals surface area contributed by atoms with Gasteiger partial charge in [0.15, 0.2) is 0 Å². The van der Waals surface area contributed by atoms with Crippen LogP contribution in [-0.2, 0) is 0 Å². The van der Waals surface area contributed by atoms with Gasteiger partial charge in [0.25, 0.3) is 5.89 Å². The molecule has 0 fully saturated rings. The molecule has 4 nitrogen and oxygen atoms in total. The van der Waals surface area contributed by atoms with Gasteiger partial charge in [-0.15, -0.1) is 0 Å². The topological polar surface area (TPSA) is 55.1 Å². The highest BCUT2D eigenvalue weighted by Gasteiger charge is 2.11. The maximum Gasteiger partial charge on any atom is 0.311 e. The Morgan fingerprint density at radius 2 is 2.07 bits per heavy atom. The summed E-state index contributed by atoms with van der Waals surface area (Å²) < 4.78 is 5.09. The molecule has 2 aromatic rings. The molecule has 15 heavy (non-hydrogen) atoms. The van der Waals surface area contributed by atoms with Crippen LogP contribution in [0, 0.1) is 6.92 Å². The summed E-state index contributed by atoms with van der Waals surface area (Å²) in [5.41, 5.74) is 0.721. The summed E-state index contributed by atoms with van der Waals surface area (Å²) in [4.78, 5) is 15.4. The van der Waals surface area contributed by atoms with Crippen molar-refractivity contribution < 1.29 is 9.21 Å². The van der Waals surface area contributed by atoms with Crippen molar-refractivity contribution >= 4 is 11.6 Å². The highest BCUT2D eigenvalue weighted by atomic mass is 16.4. The quantitative estimate of drug-likeness (QED) is 0.812. The van der Waals surface area contributed by atoms with E-state index in [1.54, 1.807) is 19.1 Å². The third-order valence-corrected chi connectivity index (χ3v) is 1.85. The third-order valence-electron chi connectivity index (χ3n) is 1.85. The summed E-state index contributed by atoms with van der Waals surface area (Å²) >= 11 is 0. The first-order chi connectivity index (χ1) is 7.25. The molecule has 0 spiro atoms. The lowest BCUT2D eigenvalue weighted by Crippen LogP contribution is -2.11. The second-order valence-corrected chi connectivity index (χ2v) is 3.10. The van der Waals surface area contributed by atoms with E-state index in [0.29, 0.717) is 5.76 Å². The molecule has 0 radical (unpaired) electrons. The number of amides is 1. The average Bonchev–Trinajstić information content (AvgIpc) is 2.66. The van der Waals surface area contributed by atoms with Crippen molar-refractivity contribution in [3.8, 4) is 0 Å². The van der Waals surface area contributed by atoms with Crippen molar-refractivity contribution in [1.82, 2.24) is 4.98 Å². The Kier molecular flexibility index (Phi) is 2.49. The number of carbonyl (C=O) groups excluding carboxylic acids is 1. The summed E-state index contributed by atoms with van der Waals surface area (Å²) in [5.74, 6) is 0.360. The Morgan fingerprint density at radius 3 is 2.67 bits per heavy atom. The number of hydrogen-bond donors (Lipinski definition) is 1. The number of carbonyl (C=O) groups is 1. The van der Waals surface area contributed by atoms with Crippen LogP contribution in [0.15, 0.2) is 40.9 Å². The van der Waals surface area contributed by atoms with Gasteiger partial charge in [0.1, 0.15) is 5.76 Å². The Morgan fingerprint density at radius 1 is 1.33 bits per heavy atom. The van der Waals surface area contributed by atoms with Gasteiger partial charge in [-0.3, -0.25) is 4.79 Å². The molecule has 0 saturated heterocycles. The Bertz CT molecular complexity index is 462. The van der Waals surface area contributed by atoms with Crippen LogP contribution in [-0.4, -0.2) is 10.9 Å². The SMILES string of the molecule is Cc1cnc(C(=O)Nc2ccccc2)o1. The zero-order valence-electron chi connectivity index (χ0n) is 8.23. The molecule has 1 aromatic heterocycles. The van der Waals surface area contributed by atoms with Gasteiger partial charge >= 0.3 is 5.91 Å². The van der Waals surface area contributed by atoms with Gasteiger partial charge in [-0.2, -0.15) is 0 Å². The molecule has 4 heteroatoms. The summed E-state index contributed by atoms with van der Waals surface area (Å²) in [6, 6.07) is 9.17. The van der Waals surface area contributed by atoms with Crippen LogP contribution in [0.2, 0.25) is 0 Å². The third kappa shape index (κ3) is 2.22. The van der Waals surface area contributed by atoms with Crippen LogP contribution in [0.5, 0.6) is 0 Å². The molecule has 0 unspecified atom stereocenters. The van der Waals surface area contributed by atoms with Crippen molar-refractivity contribution in [2.75, 3.05) is 5.32 Å². The number of aromatic nitrogens is 1. The van der Waals surface area contributed by atoms with Crippen LogP contribution < -0.4 is 5.32 Å². The molecule has 0 atom stereocenters. The molecule has 0 bridgehead atoms.